The van der Waals surface area contributed by atoms with Gasteiger partial charge in [0.15, 0.2) is 0 Å². The molecule has 2 heterocycles. The molecule has 1 saturated carbocycles. The van der Waals surface area contributed by atoms with Gasteiger partial charge in [-0.15, -0.1) is 12.4 Å². The number of fused-ring (bicyclic) bond motifs is 1. The van der Waals surface area contributed by atoms with Crippen LogP contribution in [0, 0.1) is 5.92 Å². The first-order valence-electron chi connectivity index (χ1n) is 11.5. The minimum atomic E-state index is -0.0793. The predicted octanol–water partition coefficient (Wildman–Crippen LogP) is 4.43. The molecule has 3 aliphatic rings. The minimum absolute atomic E-state index is 0. The third-order valence-corrected chi connectivity index (χ3v) is 7.09. The fourth-order valence-corrected chi connectivity index (χ4v) is 5.37. The highest BCUT2D eigenvalue weighted by atomic mass is 35.5. The van der Waals surface area contributed by atoms with Crippen LogP contribution < -0.4 is 5.32 Å². The molecule has 0 radical (unpaired) electrons. The Morgan fingerprint density at radius 2 is 1.87 bits per heavy atom. The van der Waals surface area contributed by atoms with Crippen molar-refractivity contribution in [3.8, 4) is 0 Å². The molecular formula is C24H35ClN2O3. The van der Waals surface area contributed by atoms with Gasteiger partial charge in [0.25, 0.3) is 5.91 Å². The van der Waals surface area contributed by atoms with Gasteiger partial charge in [0.05, 0.1) is 6.61 Å². The normalized spacial score (nSPS) is 24.3. The number of hydrogen-bond acceptors (Lipinski definition) is 4. The summed E-state index contributed by atoms with van der Waals surface area (Å²) in [7, 11) is 0. The topological polar surface area (TPSA) is 58.6 Å². The molecule has 0 unspecified atom stereocenters. The molecular weight excluding hydrogens is 400 g/mol. The molecule has 30 heavy (non-hydrogen) atoms. The zero-order chi connectivity index (χ0) is 20.2. The van der Waals surface area contributed by atoms with Gasteiger partial charge in [-0.25, -0.2) is 0 Å². The average Bonchev–Trinajstić information content (AvgIpc) is 3.09. The van der Waals surface area contributed by atoms with Crippen LogP contribution in [0.2, 0.25) is 0 Å². The first-order chi connectivity index (χ1) is 14.2. The Labute approximate surface area is 186 Å². The molecule has 1 saturated heterocycles. The number of esters is 1. The Kier molecular flexibility index (Phi) is 8.18. The van der Waals surface area contributed by atoms with Gasteiger partial charge in [0, 0.05) is 24.6 Å². The van der Waals surface area contributed by atoms with Gasteiger partial charge < -0.3 is 15.0 Å². The number of benzene rings is 1. The number of piperidine rings is 1. The van der Waals surface area contributed by atoms with Crippen LogP contribution in [-0.2, 0) is 16.1 Å². The predicted molar refractivity (Wildman–Crippen MR) is 120 cm³/mol. The fourth-order valence-electron chi connectivity index (χ4n) is 5.37. The van der Waals surface area contributed by atoms with E-state index in [0.717, 1.165) is 57.3 Å². The van der Waals surface area contributed by atoms with E-state index in [1.54, 1.807) is 0 Å². The van der Waals surface area contributed by atoms with E-state index in [1.807, 2.05) is 6.92 Å². The molecule has 0 atom stereocenters. The lowest BCUT2D eigenvalue weighted by atomic mass is 9.83. The lowest BCUT2D eigenvalue weighted by molar-refractivity contribution is -0.143. The molecule has 0 aromatic heterocycles. The molecule has 0 bridgehead atoms. The lowest BCUT2D eigenvalue weighted by Crippen LogP contribution is -2.38. The molecule has 6 heteroatoms. The van der Waals surface area contributed by atoms with Crippen molar-refractivity contribution in [2.75, 3.05) is 19.7 Å². The second-order valence-corrected chi connectivity index (χ2v) is 8.89. The van der Waals surface area contributed by atoms with Crippen molar-refractivity contribution in [1.82, 2.24) is 10.2 Å². The third kappa shape index (κ3) is 5.17. The van der Waals surface area contributed by atoms with E-state index in [-0.39, 0.29) is 24.3 Å². The number of nitrogens with zero attached hydrogens (tertiary/aromatic N) is 1. The second kappa shape index (κ2) is 10.6. The number of nitrogens with one attached hydrogen (secondary N) is 1. The number of hydrogen-bond donors (Lipinski definition) is 1. The van der Waals surface area contributed by atoms with Crippen molar-refractivity contribution >= 4 is 24.3 Å². The largest absolute Gasteiger partial charge is 0.466 e. The average molecular weight is 435 g/mol. The lowest BCUT2D eigenvalue weighted by Gasteiger charge is -2.34. The molecule has 166 valence electrons. The van der Waals surface area contributed by atoms with Gasteiger partial charge in [-0.05, 0) is 94.0 Å². The molecule has 1 aromatic rings. The number of halogens is 1. The smallest absolute Gasteiger partial charge is 0.305 e. The standard InChI is InChI=1S/C24H34N2O3.ClH/c1-2-29-23(27)10-5-17-3-7-21(8-4-17)26-16-20-15-19(6-9-22(20)24(26)28)18-11-13-25-14-12-18;/h6,9,15,17-18,21,25H,2-5,7-8,10-14,16H2,1H3;1H. The Hall–Kier alpha value is -1.59. The summed E-state index contributed by atoms with van der Waals surface area (Å²) in [5, 5.41) is 3.43. The highest BCUT2D eigenvalue weighted by molar-refractivity contribution is 5.98. The number of carbonyl (C=O) groups is 2. The SMILES string of the molecule is CCOC(=O)CCC1CCC(N2Cc3cc(C4CCNCC4)ccc3C2=O)CC1.Cl. The van der Waals surface area contributed by atoms with Crippen molar-refractivity contribution in [2.45, 2.75) is 76.8 Å². The third-order valence-electron chi connectivity index (χ3n) is 7.09. The first-order valence-corrected chi connectivity index (χ1v) is 11.5. The Morgan fingerprint density at radius 3 is 2.57 bits per heavy atom. The van der Waals surface area contributed by atoms with E-state index in [1.165, 1.54) is 24.0 Å². The summed E-state index contributed by atoms with van der Waals surface area (Å²) in [4.78, 5) is 26.7. The molecule has 1 aromatic carbocycles. The molecule has 1 amide bonds. The maximum absolute atomic E-state index is 13.0. The molecule has 0 spiro atoms. The number of rotatable bonds is 6. The molecule has 5 nitrogen and oxygen atoms in total. The summed E-state index contributed by atoms with van der Waals surface area (Å²) in [6.45, 7) is 5.26. The van der Waals surface area contributed by atoms with Gasteiger partial charge in [-0.2, -0.15) is 0 Å². The van der Waals surface area contributed by atoms with Gasteiger partial charge in [-0.1, -0.05) is 12.1 Å². The quantitative estimate of drug-likeness (QED) is 0.672. The monoisotopic (exact) mass is 434 g/mol. The Morgan fingerprint density at radius 1 is 1.13 bits per heavy atom. The molecule has 2 aliphatic heterocycles. The van der Waals surface area contributed by atoms with Crippen molar-refractivity contribution in [1.29, 1.82) is 0 Å². The zero-order valence-corrected chi connectivity index (χ0v) is 18.8. The van der Waals surface area contributed by atoms with E-state index >= 15 is 0 Å². The van der Waals surface area contributed by atoms with E-state index < -0.39 is 0 Å². The van der Waals surface area contributed by atoms with E-state index in [9.17, 15) is 9.59 Å². The van der Waals surface area contributed by atoms with Crippen molar-refractivity contribution < 1.29 is 14.3 Å². The summed E-state index contributed by atoms with van der Waals surface area (Å²) in [6, 6.07) is 6.90. The minimum Gasteiger partial charge on any atom is -0.466 e. The number of amides is 1. The van der Waals surface area contributed by atoms with Gasteiger partial charge >= 0.3 is 5.97 Å². The molecule has 4 rings (SSSR count). The van der Waals surface area contributed by atoms with Crippen LogP contribution in [0.1, 0.15) is 85.7 Å². The summed E-state index contributed by atoms with van der Waals surface area (Å²) in [5.41, 5.74) is 3.53. The zero-order valence-electron chi connectivity index (χ0n) is 18.0. The van der Waals surface area contributed by atoms with Crippen LogP contribution in [0.5, 0.6) is 0 Å². The Balaban J connectivity index is 0.00000256. The maximum atomic E-state index is 13.0. The maximum Gasteiger partial charge on any atom is 0.305 e. The summed E-state index contributed by atoms with van der Waals surface area (Å²) < 4.78 is 5.04. The van der Waals surface area contributed by atoms with Gasteiger partial charge in [0.2, 0.25) is 0 Å². The van der Waals surface area contributed by atoms with Crippen molar-refractivity contribution in [3.05, 3.63) is 34.9 Å². The van der Waals surface area contributed by atoms with Crippen molar-refractivity contribution in [3.63, 3.8) is 0 Å². The van der Waals surface area contributed by atoms with Crippen LogP contribution in [0.25, 0.3) is 0 Å². The van der Waals surface area contributed by atoms with Gasteiger partial charge in [0.1, 0.15) is 0 Å². The van der Waals surface area contributed by atoms with E-state index in [4.69, 9.17) is 4.74 Å². The van der Waals surface area contributed by atoms with E-state index in [0.29, 0.717) is 30.9 Å². The summed E-state index contributed by atoms with van der Waals surface area (Å²) >= 11 is 0. The van der Waals surface area contributed by atoms with Crippen LogP contribution in [0.3, 0.4) is 0 Å². The summed E-state index contributed by atoms with van der Waals surface area (Å²) in [6.07, 6.45) is 8.12. The molecule has 1 N–H and O–H groups in total. The molecule has 1 aliphatic carbocycles. The highest BCUT2D eigenvalue weighted by Crippen LogP contribution is 2.36. The van der Waals surface area contributed by atoms with Gasteiger partial charge in [-0.3, -0.25) is 9.59 Å². The summed E-state index contributed by atoms with van der Waals surface area (Å²) in [5.74, 6) is 1.35. The molecule has 2 fully saturated rings. The highest BCUT2D eigenvalue weighted by Gasteiger charge is 2.35. The van der Waals surface area contributed by atoms with Crippen LogP contribution in [-0.4, -0.2) is 42.5 Å². The number of ether oxygens (including phenoxy) is 1. The second-order valence-electron chi connectivity index (χ2n) is 8.89. The van der Waals surface area contributed by atoms with Crippen molar-refractivity contribution in [2.24, 2.45) is 5.92 Å². The van der Waals surface area contributed by atoms with Crippen LogP contribution in [0.4, 0.5) is 0 Å². The van der Waals surface area contributed by atoms with Crippen LogP contribution in [0.15, 0.2) is 18.2 Å². The first kappa shape index (κ1) is 23.1. The number of carbonyl (C=O) groups excluding carboxylic acids is 2. The van der Waals surface area contributed by atoms with E-state index in [2.05, 4.69) is 28.4 Å². The fraction of sp³-hybridized carbons (Fsp3) is 0.667. The Bertz CT molecular complexity index is 740. The van der Waals surface area contributed by atoms with Crippen LogP contribution >= 0.6 is 12.4 Å².